The maximum absolute atomic E-state index is 11.5. The van der Waals surface area contributed by atoms with Gasteiger partial charge in [-0.2, -0.15) is 0 Å². The van der Waals surface area contributed by atoms with Gasteiger partial charge in [0, 0.05) is 6.07 Å². The summed E-state index contributed by atoms with van der Waals surface area (Å²) in [7, 11) is 0. The summed E-state index contributed by atoms with van der Waals surface area (Å²) < 4.78 is 5.74. The van der Waals surface area contributed by atoms with Gasteiger partial charge in [-0.1, -0.05) is 25.6 Å². The number of hydrogen-bond acceptors (Lipinski definition) is 4. The summed E-state index contributed by atoms with van der Waals surface area (Å²) in [6.07, 6.45) is 1.84. The monoisotopic (exact) mass is 244 g/mol. The van der Waals surface area contributed by atoms with E-state index in [1.165, 1.54) is 6.07 Å². The molecule has 0 aliphatic carbocycles. The maximum atomic E-state index is 11.5. The van der Waals surface area contributed by atoms with Crippen LogP contribution in [0, 0.1) is 9.41 Å². The molecule has 1 aromatic rings. The summed E-state index contributed by atoms with van der Waals surface area (Å²) in [4.78, 5) is 16.9. The zero-order valence-corrected chi connectivity index (χ0v) is 9.96. The third-order valence-electron chi connectivity index (χ3n) is 1.71. The minimum Gasteiger partial charge on any atom is -0.461 e. The highest BCUT2D eigenvalue weighted by Crippen LogP contribution is 1.99. The molecule has 4 nitrogen and oxygen atoms in total. The number of esters is 1. The molecule has 1 aromatic heterocycles. The zero-order chi connectivity index (χ0) is 11.3. The van der Waals surface area contributed by atoms with Gasteiger partial charge in [0.1, 0.15) is 10.3 Å². The fourth-order valence-corrected chi connectivity index (χ4v) is 1.47. The van der Waals surface area contributed by atoms with E-state index < -0.39 is 5.97 Å². The SMILES string of the molecule is CCCCOC(=O)c1cc(=S)[nH]c(=S)[nH]1. The van der Waals surface area contributed by atoms with Crippen LogP contribution in [0.1, 0.15) is 30.3 Å². The first-order chi connectivity index (χ1) is 7.13. The summed E-state index contributed by atoms with van der Waals surface area (Å²) in [6.45, 7) is 2.45. The molecule has 6 heteroatoms. The van der Waals surface area contributed by atoms with Crippen molar-refractivity contribution in [1.29, 1.82) is 0 Å². The van der Waals surface area contributed by atoms with Crippen LogP contribution < -0.4 is 0 Å². The molecular weight excluding hydrogens is 232 g/mol. The van der Waals surface area contributed by atoms with Crippen LogP contribution in [0.3, 0.4) is 0 Å². The van der Waals surface area contributed by atoms with Crippen molar-refractivity contribution >= 4 is 30.4 Å². The largest absolute Gasteiger partial charge is 0.461 e. The van der Waals surface area contributed by atoms with Crippen LogP contribution in [0.2, 0.25) is 0 Å². The topological polar surface area (TPSA) is 57.9 Å². The molecule has 0 bridgehead atoms. The number of rotatable bonds is 4. The van der Waals surface area contributed by atoms with Crippen molar-refractivity contribution < 1.29 is 9.53 Å². The molecule has 0 unspecified atom stereocenters. The first kappa shape index (κ1) is 12.1. The van der Waals surface area contributed by atoms with Crippen LogP contribution in [-0.2, 0) is 4.74 Å². The Morgan fingerprint density at radius 3 is 2.80 bits per heavy atom. The molecule has 0 aliphatic rings. The molecule has 0 radical (unpaired) electrons. The number of unbranched alkanes of at least 4 members (excludes halogenated alkanes) is 1. The Morgan fingerprint density at radius 1 is 1.47 bits per heavy atom. The molecule has 0 aromatic carbocycles. The second kappa shape index (κ2) is 5.77. The fraction of sp³-hybridized carbons (Fsp3) is 0.444. The van der Waals surface area contributed by atoms with E-state index in [1.54, 1.807) is 0 Å². The van der Waals surface area contributed by atoms with Gasteiger partial charge in [-0.3, -0.25) is 0 Å². The van der Waals surface area contributed by atoms with Gasteiger partial charge in [-0.05, 0) is 18.6 Å². The predicted octanol–water partition coefficient (Wildman–Crippen LogP) is 2.76. The molecule has 0 spiro atoms. The van der Waals surface area contributed by atoms with Gasteiger partial charge in [0.2, 0.25) is 0 Å². The highest BCUT2D eigenvalue weighted by molar-refractivity contribution is 7.72. The van der Waals surface area contributed by atoms with Gasteiger partial charge in [0.25, 0.3) is 0 Å². The Bertz CT molecular complexity index is 422. The summed E-state index contributed by atoms with van der Waals surface area (Å²) in [5, 5.41) is 0. The van der Waals surface area contributed by atoms with Crippen molar-refractivity contribution in [2.75, 3.05) is 6.61 Å². The number of H-pyrrole nitrogens is 2. The lowest BCUT2D eigenvalue weighted by Crippen LogP contribution is -2.09. The lowest BCUT2D eigenvalue weighted by molar-refractivity contribution is 0.0492. The van der Waals surface area contributed by atoms with E-state index >= 15 is 0 Å². The maximum Gasteiger partial charge on any atom is 0.354 e. The normalized spacial score (nSPS) is 9.93. The second-order valence-electron chi connectivity index (χ2n) is 2.99. The van der Waals surface area contributed by atoms with Gasteiger partial charge in [-0.15, -0.1) is 0 Å². The third kappa shape index (κ3) is 3.93. The molecule has 0 atom stereocenters. The molecule has 0 aliphatic heterocycles. The van der Waals surface area contributed by atoms with Crippen molar-refractivity contribution in [2.24, 2.45) is 0 Å². The van der Waals surface area contributed by atoms with Gasteiger partial charge in [0.05, 0.1) is 6.61 Å². The van der Waals surface area contributed by atoms with E-state index in [4.69, 9.17) is 29.2 Å². The number of carbonyl (C=O) groups is 1. The number of hydrogen-bond donors (Lipinski definition) is 2. The molecule has 0 saturated carbocycles. The molecule has 0 saturated heterocycles. The fourth-order valence-electron chi connectivity index (χ4n) is 0.966. The first-order valence-electron chi connectivity index (χ1n) is 4.64. The van der Waals surface area contributed by atoms with Crippen LogP contribution in [-0.4, -0.2) is 22.5 Å². The lowest BCUT2D eigenvalue weighted by atomic mass is 10.3. The smallest absolute Gasteiger partial charge is 0.354 e. The van der Waals surface area contributed by atoms with Crippen LogP contribution in [0.4, 0.5) is 0 Å². The third-order valence-corrected chi connectivity index (χ3v) is 2.14. The molecule has 0 fully saturated rings. The van der Waals surface area contributed by atoms with Crippen molar-refractivity contribution in [3.05, 3.63) is 21.2 Å². The van der Waals surface area contributed by atoms with Gasteiger partial charge in [-0.25, -0.2) is 4.79 Å². The van der Waals surface area contributed by atoms with Gasteiger partial charge >= 0.3 is 5.97 Å². The van der Waals surface area contributed by atoms with Crippen LogP contribution >= 0.6 is 24.4 Å². The number of aromatic amines is 2. The quantitative estimate of drug-likeness (QED) is 0.486. The van der Waals surface area contributed by atoms with Gasteiger partial charge in [0.15, 0.2) is 4.77 Å². The van der Waals surface area contributed by atoms with Crippen LogP contribution in [0.15, 0.2) is 6.07 Å². The first-order valence-corrected chi connectivity index (χ1v) is 5.46. The molecule has 1 rings (SSSR count). The van der Waals surface area contributed by atoms with Crippen molar-refractivity contribution in [3.63, 3.8) is 0 Å². The number of ether oxygens (including phenoxy) is 1. The van der Waals surface area contributed by atoms with E-state index in [9.17, 15) is 4.79 Å². The lowest BCUT2D eigenvalue weighted by Gasteiger charge is -2.03. The zero-order valence-electron chi connectivity index (χ0n) is 8.33. The van der Waals surface area contributed by atoms with Crippen LogP contribution in [0.5, 0.6) is 0 Å². The van der Waals surface area contributed by atoms with E-state index in [0.717, 1.165) is 12.8 Å². The van der Waals surface area contributed by atoms with Crippen molar-refractivity contribution in [2.45, 2.75) is 19.8 Å². The Morgan fingerprint density at radius 2 is 2.20 bits per heavy atom. The standard InChI is InChI=1S/C9H12N2O2S2/c1-2-3-4-13-8(12)6-5-7(14)11-9(15)10-6/h5H,2-4H2,1H3,(H2,10,11,14,15). The number of carbonyl (C=O) groups excluding carboxylic acids is 1. The Hall–Kier alpha value is -1.01. The molecule has 1 heterocycles. The molecule has 82 valence electrons. The highest BCUT2D eigenvalue weighted by Gasteiger charge is 2.06. The summed E-state index contributed by atoms with van der Waals surface area (Å²) >= 11 is 9.75. The van der Waals surface area contributed by atoms with Crippen molar-refractivity contribution in [1.82, 2.24) is 9.97 Å². The van der Waals surface area contributed by atoms with E-state index in [2.05, 4.69) is 9.97 Å². The minimum atomic E-state index is -0.422. The molecule has 0 amide bonds. The van der Waals surface area contributed by atoms with E-state index in [1.807, 2.05) is 6.92 Å². The second-order valence-corrected chi connectivity index (χ2v) is 3.84. The average Bonchev–Trinajstić information content (AvgIpc) is 2.16. The average molecular weight is 244 g/mol. The number of aromatic nitrogens is 2. The number of nitrogens with one attached hydrogen (secondary N) is 2. The summed E-state index contributed by atoms with van der Waals surface area (Å²) in [6, 6.07) is 1.50. The van der Waals surface area contributed by atoms with Crippen molar-refractivity contribution in [3.8, 4) is 0 Å². The minimum absolute atomic E-state index is 0.292. The summed E-state index contributed by atoms with van der Waals surface area (Å²) in [5.74, 6) is -0.422. The highest BCUT2D eigenvalue weighted by atomic mass is 32.1. The summed E-state index contributed by atoms with van der Waals surface area (Å²) in [5.41, 5.74) is 0.292. The molecule has 2 N–H and O–H groups in total. The molecular formula is C9H12N2O2S2. The Labute approximate surface area is 97.7 Å². The van der Waals surface area contributed by atoms with E-state index in [0.29, 0.717) is 21.7 Å². The Balaban J connectivity index is 2.74. The van der Waals surface area contributed by atoms with E-state index in [-0.39, 0.29) is 0 Å². The Kier molecular flexibility index (Phi) is 4.64. The predicted molar refractivity (Wildman–Crippen MR) is 62.0 cm³/mol. The van der Waals surface area contributed by atoms with Gasteiger partial charge < -0.3 is 14.7 Å². The van der Waals surface area contributed by atoms with Crippen LogP contribution in [0.25, 0.3) is 0 Å². The molecule has 15 heavy (non-hydrogen) atoms.